The fourth-order valence-corrected chi connectivity index (χ4v) is 1.41. The van der Waals surface area contributed by atoms with Gasteiger partial charge < -0.3 is 15.5 Å². The first-order chi connectivity index (χ1) is 9.04. The predicted molar refractivity (Wildman–Crippen MR) is 78.5 cm³/mol. The number of aromatic nitrogens is 1. The third kappa shape index (κ3) is 5.26. The average Bonchev–Trinajstić information content (AvgIpc) is 2.42. The second-order valence-corrected chi connectivity index (χ2v) is 4.88. The van der Waals surface area contributed by atoms with Crippen molar-refractivity contribution in [2.75, 3.05) is 32.5 Å². The maximum Gasteiger partial charge on any atom is 0.252 e. The van der Waals surface area contributed by atoms with Gasteiger partial charge in [0, 0.05) is 25.3 Å². The lowest BCUT2D eigenvalue weighted by atomic mass is 10.2. The van der Waals surface area contributed by atoms with Crippen molar-refractivity contribution < 1.29 is 4.79 Å². The van der Waals surface area contributed by atoms with E-state index in [1.165, 1.54) is 0 Å². The molecule has 0 aliphatic carbocycles. The number of carbonyl (C=O) groups excluding carboxylic acids is 1. The van der Waals surface area contributed by atoms with Crippen LogP contribution in [0.2, 0.25) is 0 Å². The summed E-state index contributed by atoms with van der Waals surface area (Å²) in [6.07, 6.45) is 2.65. The van der Waals surface area contributed by atoms with Crippen LogP contribution in [0.5, 0.6) is 0 Å². The van der Waals surface area contributed by atoms with Crippen molar-refractivity contribution in [3.63, 3.8) is 0 Å². The third-order valence-corrected chi connectivity index (χ3v) is 3.02. The first-order valence-corrected chi connectivity index (χ1v) is 6.69. The smallest absolute Gasteiger partial charge is 0.252 e. The molecule has 1 heterocycles. The molecule has 1 amide bonds. The molecule has 0 aromatic carbocycles. The molecule has 2 N–H and O–H groups in total. The van der Waals surface area contributed by atoms with E-state index >= 15 is 0 Å². The van der Waals surface area contributed by atoms with E-state index in [1.807, 2.05) is 20.2 Å². The molecule has 0 fully saturated rings. The van der Waals surface area contributed by atoms with Gasteiger partial charge in [-0.05, 0) is 39.6 Å². The van der Waals surface area contributed by atoms with Gasteiger partial charge in [-0.3, -0.25) is 4.79 Å². The number of hydrogen-bond donors (Lipinski definition) is 2. The summed E-state index contributed by atoms with van der Waals surface area (Å²) in [5.41, 5.74) is 0.591. The molecule has 0 aliphatic rings. The fourth-order valence-electron chi connectivity index (χ4n) is 1.41. The topological polar surface area (TPSA) is 57.3 Å². The molecule has 0 saturated carbocycles. The molecular formula is C14H24N4O. The summed E-state index contributed by atoms with van der Waals surface area (Å²) in [6.45, 7) is 5.68. The van der Waals surface area contributed by atoms with Gasteiger partial charge in [-0.2, -0.15) is 0 Å². The minimum absolute atomic E-state index is 0.0803. The Labute approximate surface area is 115 Å². The van der Waals surface area contributed by atoms with Crippen LogP contribution >= 0.6 is 0 Å². The second kappa shape index (κ2) is 7.74. The molecule has 1 unspecified atom stereocenters. The Kier molecular flexibility index (Phi) is 6.29. The van der Waals surface area contributed by atoms with Crippen molar-refractivity contribution in [1.29, 1.82) is 0 Å². The van der Waals surface area contributed by atoms with E-state index in [1.54, 1.807) is 12.3 Å². The summed E-state index contributed by atoms with van der Waals surface area (Å²) in [7, 11) is 3.99. The first-order valence-electron chi connectivity index (χ1n) is 6.69. The number of nitrogens with zero attached hydrogens (tertiary/aromatic N) is 2. The molecule has 5 nitrogen and oxygen atoms in total. The zero-order valence-corrected chi connectivity index (χ0v) is 12.2. The van der Waals surface area contributed by atoms with Crippen LogP contribution in [0.3, 0.4) is 0 Å². The SMILES string of the molecule is CCCNc1ccc(C(=O)NCC(C)N(C)C)cn1. The van der Waals surface area contributed by atoms with Gasteiger partial charge in [-0.15, -0.1) is 0 Å². The zero-order valence-electron chi connectivity index (χ0n) is 12.2. The largest absolute Gasteiger partial charge is 0.370 e. The Bertz CT molecular complexity index is 389. The summed E-state index contributed by atoms with van der Waals surface area (Å²) >= 11 is 0. The molecular weight excluding hydrogens is 240 g/mol. The molecule has 0 radical (unpaired) electrons. The number of rotatable bonds is 7. The molecule has 0 bridgehead atoms. The van der Waals surface area contributed by atoms with Crippen molar-refractivity contribution in [2.24, 2.45) is 0 Å². The summed E-state index contributed by atoms with van der Waals surface area (Å²) in [6, 6.07) is 3.93. The number of carbonyl (C=O) groups is 1. The minimum Gasteiger partial charge on any atom is -0.370 e. The predicted octanol–water partition coefficient (Wildman–Crippen LogP) is 1.58. The fraction of sp³-hybridized carbons (Fsp3) is 0.571. The number of anilines is 1. The van der Waals surface area contributed by atoms with Crippen LogP contribution in [0.25, 0.3) is 0 Å². The molecule has 5 heteroatoms. The van der Waals surface area contributed by atoms with E-state index in [2.05, 4.69) is 34.4 Å². The summed E-state index contributed by atoms with van der Waals surface area (Å²) in [4.78, 5) is 18.2. The highest BCUT2D eigenvalue weighted by atomic mass is 16.1. The van der Waals surface area contributed by atoms with Crippen LogP contribution in [0, 0.1) is 0 Å². The van der Waals surface area contributed by atoms with E-state index in [0.29, 0.717) is 18.2 Å². The van der Waals surface area contributed by atoms with Crippen LogP contribution in [0.1, 0.15) is 30.6 Å². The molecule has 0 spiro atoms. The standard InChI is InChI=1S/C14H24N4O/c1-5-8-15-13-7-6-12(10-16-13)14(19)17-9-11(2)18(3)4/h6-7,10-11H,5,8-9H2,1-4H3,(H,15,16)(H,17,19). The Morgan fingerprint density at radius 2 is 2.16 bits per heavy atom. The van der Waals surface area contributed by atoms with Crippen molar-refractivity contribution >= 4 is 11.7 Å². The molecule has 0 saturated heterocycles. The van der Waals surface area contributed by atoms with E-state index in [4.69, 9.17) is 0 Å². The van der Waals surface area contributed by atoms with Crippen LogP contribution in [-0.2, 0) is 0 Å². The highest BCUT2D eigenvalue weighted by Gasteiger charge is 2.09. The van der Waals surface area contributed by atoms with E-state index in [-0.39, 0.29) is 5.91 Å². The van der Waals surface area contributed by atoms with Crippen LogP contribution in [-0.4, -0.2) is 49.0 Å². The highest BCUT2D eigenvalue weighted by Crippen LogP contribution is 2.05. The Morgan fingerprint density at radius 3 is 2.68 bits per heavy atom. The van der Waals surface area contributed by atoms with Gasteiger partial charge in [0.05, 0.1) is 5.56 Å². The van der Waals surface area contributed by atoms with Crippen LogP contribution < -0.4 is 10.6 Å². The van der Waals surface area contributed by atoms with Crippen molar-refractivity contribution in [2.45, 2.75) is 26.3 Å². The molecule has 1 aromatic heterocycles. The minimum atomic E-state index is -0.0803. The maximum atomic E-state index is 11.9. The Balaban J connectivity index is 2.48. The van der Waals surface area contributed by atoms with Crippen molar-refractivity contribution in [3.05, 3.63) is 23.9 Å². The Morgan fingerprint density at radius 1 is 1.42 bits per heavy atom. The number of hydrogen-bond acceptors (Lipinski definition) is 4. The van der Waals surface area contributed by atoms with Crippen molar-refractivity contribution in [1.82, 2.24) is 15.2 Å². The van der Waals surface area contributed by atoms with Crippen molar-refractivity contribution in [3.8, 4) is 0 Å². The summed E-state index contributed by atoms with van der Waals surface area (Å²) < 4.78 is 0. The van der Waals surface area contributed by atoms with Crippen LogP contribution in [0.4, 0.5) is 5.82 Å². The maximum absolute atomic E-state index is 11.9. The monoisotopic (exact) mass is 264 g/mol. The van der Waals surface area contributed by atoms with Gasteiger partial charge >= 0.3 is 0 Å². The molecule has 0 aliphatic heterocycles. The molecule has 19 heavy (non-hydrogen) atoms. The average molecular weight is 264 g/mol. The number of pyridine rings is 1. The third-order valence-electron chi connectivity index (χ3n) is 3.02. The summed E-state index contributed by atoms with van der Waals surface area (Å²) in [5.74, 6) is 0.725. The van der Waals surface area contributed by atoms with Gasteiger partial charge in [0.1, 0.15) is 5.82 Å². The van der Waals surface area contributed by atoms with Gasteiger partial charge in [0.25, 0.3) is 5.91 Å². The molecule has 106 valence electrons. The number of amides is 1. The quantitative estimate of drug-likeness (QED) is 0.785. The van der Waals surface area contributed by atoms with E-state index < -0.39 is 0 Å². The second-order valence-electron chi connectivity index (χ2n) is 4.88. The lowest BCUT2D eigenvalue weighted by Gasteiger charge is -2.19. The van der Waals surface area contributed by atoms with Gasteiger partial charge in [-0.1, -0.05) is 6.92 Å². The normalized spacial score (nSPS) is 12.3. The number of likely N-dealkylation sites (N-methyl/N-ethyl adjacent to an activating group) is 1. The molecule has 1 atom stereocenters. The van der Waals surface area contributed by atoms with Gasteiger partial charge in [-0.25, -0.2) is 4.98 Å². The van der Waals surface area contributed by atoms with Gasteiger partial charge in [0.15, 0.2) is 0 Å². The Hall–Kier alpha value is -1.62. The first kappa shape index (κ1) is 15.4. The molecule has 1 rings (SSSR count). The van der Waals surface area contributed by atoms with E-state index in [0.717, 1.165) is 18.8 Å². The molecule has 1 aromatic rings. The van der Waals surface area contributed by atoms with Gasteiger partial charge in [0.2, 0.25) is 0 Å². The highest BCUT2D eigenvalue weighted by molar-refractivity contribution is 5.94. The van der Waals surface area contributed by atoms with E-state index in [9.17, 15) is 4.79 Å². The number of nitrogens with one attached hydrogen (secondary N) is 2. The zero-order chi connectivity index (χ0) is 14.3. The summed E-state index contributed by atoms with van der Waals surface area (Å²) in [5, 5.41) is 6.08. The van der Waals surface area contributed by atoms with Crippen LogP contribution in [0.15, 0.2) is 18.3 Å². The lowest BCUT2D eigenvalue weighted by molar-refractivity contribution is 0.0943. The lowest BCUT2D eigenvalue weighted by Crippen LogP contribution is -2.38.